The number of rotatable bonds is 35. The van der Waals surface area contributed by atoms with Gasteiger partial charge < -0.3 is 43.0 Å². The van der Waals surface area contributed by atoms with Gasteiger partial charge in [0.15, 0.2) is 6.29 Å². The van der Waals surface area contributed by atoms with Crippen molar-refractivity contribution < 1.29 is 62.2 Å². The lowest BCUT2D eigenvalue weighted by atomic mass is 9.78. The molecule has 306 valence electrons. The third-order valence-electron chi connectivity index (χ3n) is 8.43. The smallest absolute Gasteiger partial charge is 0.319 e. The van der Waals surface area contributed by atoms with Crippen molar-refractivity contribution in [3.63, 3.8) is 0 Å². The Labute approximate surface area is 320 Å². The maximum atomic E-state index is 13.5. The molecule has 0 spiro atoms. The maximum absolute atomic E-state index is 13.5. The summed E-state index contributed by atoms with van der Waals surface area (Å²) in [4.78, 5) is 51.9. The first kappa shape index (κ1) is 50.2. The Kier molecular flexibility index (Phi) is 31.4. The standard InChI is InChI=1S/C38H69BrO13/c1-7-9-10-11-12-13-14-15-16-17-20-49-34(41)30(27-32(39)36(43)50-21-18-40)26-31(35(42)51-24-22-47-19-8-2)28-38(3,4)37(44)52-25-23-48-29-33(45-5)46-6/h30-33,40H,7-29H2,1-6H3. The molecule has 0 aromatic heterocycles. The summed E-state index contributed by atoms with van der Waals surface area (Å²) in [7, 11) is 2.98. The Bertz CT molecular complexity index is 929. The summed E-state index contributed by atoms with van der Waals surface area (Å²) in [5.74, 6) is -4.18. The molecule has 52 heavy (non-hydrogen) atoms. The van der Waals surface area contributed by atoms with Gasteiger partial charge in [0, 0.05) is 20.8 Å². The minimum Gasteiger partial charge on any atom is -0.465 e. The van der Waals surface area contributed by atoms with Crippen LogP contribution in [0.25, 0.3) is 0 Å². The summed E-state index contributed by atoms with van der Waals surface area (Å²) in [6, 6.07) is 0. The molecule has 13 nitrogen and oxygen atoms in total. The van der Waals surface area contributed by atoms with Gasteiger partial charge in [0.1, 0.15) is 24.6 Å². The van der Waals surface area contributed by atoms with Crippen molar-refractivity contribution in [3.05, 3.63) is 0 Å². The third-order valence-corrected chi connectivity index (χ3v) is 9.18. The lowest BCUT2D eigenvalue weighted by Gasteiger charge is -2.29. The SMILES string of the molecule is CCCCCCCCCCCCOC(=O)C(CC(Br)C(=O)OCCO)CC(CC(C)(C)C(=O)OCCOCC(OC)OC)C(=O)OCCOCCC. The zero-order chi connectivity index (χ0) is 39.0. The summed E-state index contributed by atoms with van der Waals surface area (Å²) in [6.45, 7) is 8.15. The average molecular weight is 814 g/mol. The van der Waals surface area contributed by atoms with E-state index in [-0.39, 0.29) is 72.1 Å². The number of alkyl halides is 1. The van der Waals surface area contributed by atoms with Crippen LogP contribution >= 0.6 is 15.9 Å². The number of carbonyl (C=O) groups is 4. The molecule has 0 aromatic carbocycles. The molecule has 0 aliphatic heterocycles. The van der Waals surface area contributed by atoms with Crippen molar-refractivity contribution in [1.29, 1.82) is 0 Å². The van der Waals surface area contributed by atoms with Gasteiger partial charge in [0.25, 0.3) is 0 Å². The summed E-state index contributed by atoms with van der Waals surface area (Å²) in [5.41, 5.74) is -1.15. The van der Waals surface area contributed by atoms with Crippen LogP contribution in [-0.4, -0.2) is 114 Å². The zero-order valence-electron chi connectivity index (χ0n) is 32.8. The first-order valence-corrected chi connectivity index (χ1v) is 20.0. The molecule has 0 rings (SSSR count). The number of esters is 4. The molecule has 3 unspecified atom stereocenters. The molecule has 0 fully saturated rings. The Morgan fingerprint density at radius 1 is 0.596 bits per heavy atom. The molecule has 1 N–H and O–H groups in total. The van der Waals surface area contributed by atoms with E-state index in [0.29, 0.717) is 13.0 Å². The van der Waals surface area contributed by atoms with Gasteiger partial charge in [-0.15, -0.1) is 0 Å². The van der Waals surface area contributed by atoms with Gasteiger partial charge >= 0.3 is 23.9 Å². The zero-order valence-corrected chi connectivity index (χ0v) is 34.4. The molecular formula is C38H69BrO13. The van der Waals surface area contributed by atoms with Gasteiger partial charge in [-0.25, -0.2) is 0 Å². The van der Waals surface area contributed by atoms with Crippen LogP contribution in [0.2, 0.25) is 0 Å². The quantitative estimate of drug-likeness (QED) is 0.0249. The largest absolute Gasteiger partial charge is 0.465 e. The van der Waals surface area contributed by atoms with Gasteiger partial charge in [-0.3, -0.25) is 19.2 Å². The fraction of sp³-hybridized carbons (Fsp3) is 0.895. The molecule has 0 aliphatic carbocycles. The number of hydrogen-bond acceptors (Lipinski definition) is 13. The van der Waals surface area contributed by atoms with Crippen LogP contribution in [0.1, 0.15) is 118 Å². The van der Waals surface area contributed by atoms with E-state index in [4.69, 9.17) is 43.0 Å². The number of aliphatic hydroxyl groups is 1. The first-order valence-electron chi connectivity index (χ1n) is 19.1. The Hall–Kier alpha value is -1.84. The topological polar surface area (TPSA) is 162 Å². The Morgan fingerprint density at radius 2 is 1.13 bits per heavy atom. The second-order valence-electron chi connectivity index (χ2n) is 13.6. The predicted molar refractivity (Wildman–Crippen MR) is 200 cm³/mol. The van der Waals surface area contributed by atoms with Gasteiger partial charge in [-0.2, -0.15) is 0 Å². The summed E-state index contributed by atoms with van der Waals surface area (Å²) < 4.78 is 42.8. The molecule has 0 aromatic rings. The van der Waals surface area contributed by atoms with E-state index in [1.165, 1.54) is 52.7 Å². The lowest BCUT2D eigenvalue weighted by molar-refractivity contribution is -0.163. The van der Waals surface area contributed by atoms with E-state index in [1.807, 2.05) is 6.92 Å². The minimum absolute atomic E-state index is 0.000893. The lowest BCUT2D eigenvalue weighted by Crippen LogP contribution is -2.36. The Morgan fingerprint density at radius 3 is 1.73 bits per heavy atom. The number of hydrogen-bond donors (Lipinski definition) is 1. The molecular weight excluding hydrogens is 744 g/mol. The van der Waals surface area contributed by atoms with E-state index in [9.17, 15) is 19.2 Å². The molecule has 0 heterocycles. The van der Waals surface area contributed by atoms with Gasteiger partial charge in [-0.1, -0.05) is 87.6 Å². The highest BCUT2D eigenvalue weighted by atomic mass is 79.9. The van der Waals surface area contributed by atoms with E-state index in [2.05, 4.69) is 22.9 Å². The van der Waals surface area contributed by atoms with Crippen LogP contribution in [0, 0.1) is 17.3 Å². The number of carbonyl (C=O) groups excluding carboxylic acids is 4. The fourth-order valence-corrected chi connectivity index (χ4v) is 6.01. The number of ether oxygens (including phenoxy) is 8. The summed E-state index contributed by atoms with van der Waals surface area (Å²) in [6.07, 6.45) is 11.6. The van der Waals surface area contributed by atoms with Crippen LogP contribution in [0.5, 0.6) is 0 Å². The first-order chi connectivity index (χ1) is 25.0. The molecule has 0 amide bonds. The van der Waals surface area contributed by atoms with Crippen molar-refractivity contribution in [2.45, 2.75) is 129 Å². The molecule has 14 heteroatoms. The number of aliphatic hydroxyl groups excluding tert-OH is 1. The van der Waals surface area contributed by atoms with Crippen molar-refractivity contribution in [3.8, 4) is 0 Å². The number of methoxy groups -OCH3 is 2. The average Bonchev–Trinajstić information content (AvgIpc) is 3.13. The van der Waals surface area contributed by atoms with E-state index < -0.39 is 52.2 Å². The molecule has 3 atom stereocenters. The van der Waals surface area contributed by atoms with Crippen LogP contribution in [0.3, 0.4) is 0 Å². The highest BCUT2D eigenvalue weighted by Crippen LogP contribution is 2.34. The van der Waals surface area contributed by atoms with Crippen LogP contribution < -0.4 is 0 Å². The normalized spacial score (nSPS) is 13.4. The molecule has 0 aliphatic rings. The Balaban J connectivity index is 5.63. The van der Waals surface area contributed by atoms with E-state index >= 15 is 0 Å². The number of halogens is 1. The highest BCUT2D eigenvalue weighted by molar-refractivity contribution is 9.10. The fourth-order valence-electron chi connectivity index (χ4n) is 5.42. The van der Waals surface area contributed by atoms with Gasteiger partial charge in [0.2, 0.25) is 0 Å². The highest BCUT2D eigenvalue weighted by Gasteiger charge is 2.39. The minimum atomic E-state index is -1.15. The maximum Gasteiger partial charge on any atom is 0.319 e. The van der Waals surface area contributed by atoms with Crippen LogP contribution in [-0.2, 0) is 57.1 Å². The third kappa shape index (κ3) is 25.2. The monoisotopic (exact) mass is 812 g/mol. The van der Waals surface area contributed by atoms with Crippen LogP contribution in [0.4, 0.5) is 0 Å². The van der Waals surface area contributed by atoms with Gasteiger partial charge in [-0.05, 0) is 46.0 Å². The van der Waals surface area contributed by atoms with E-state index in [1.54, 1.807) is 13.8 Å². The molecule has 0 saturated carbocycles. The second kappa shape index (κ2) is 32.6. The van der Waals surface area contributed by atoms with E-state index in [0.717, 1.165) is 25.7 Å². The number of unbranched alkanes of at least 4 members (excludes halogenated alkanes) is 9. The summed E-state index contributed by atoms with van der Waals surface area (Å²) in [5, 5.41) is 9.09. The molecule has 0 bridgehead atoms. The van der Waals surface area contributed by atoms with Crippen molar-refractivity contribution >= 4 is 39.8 Å². The predicted octanol–water partition coefficient (Wildman–Crippen LogP) is 6.33. The second-order valence-corrected chi connectivity index (χ2v) is 14.7. The summed E-state index contributed by atoms with van der Waals surface area (Å²) >= 11 is 3.32. The van der Waals surface area contributed by atoms with Crippen LogP contribution in [0.15, 0.2) is 0 Å². The molecule has 0 saturated heterocycles. The van der Waals surface area contributed by atoms with Crippen molar-refractivity contribution in [2.24, 2.45) is 17.3 Å². The van der Waals surface area contributed by atoms with Gasteiger partial charge in [0.05, 0.1) is 50.3 Å². The van der Waals surface area contributed by atoms with Crippen molar-refractivity contribution in [2.75, 3.05) is 73.7 Å². The molecule has 0 radical (unpaired) electrons. The van der Waals surface area contributed by atoms with Crippen molar-refractivity contribution in [1.82, 2.24) is 0 Å².